The number of hydrogen-bond donors (Lipinski definition) is 1. The third-order valence-corrected chi connectivity index (χ3v) is 6.15. The van der Waals surface area contributed by atoms with Gasteiger partial charge in [0.2, 0.25) is 10.0 Å². The van der Waals surface area contributed by atoms with Crippen LogP contribution in [0.25, 0.3) is 0 Å². The van der Waals surface area contributed by atoms with Gasteiger partial charge in [-0.15, -0.1) is 11.3 Å². The topological polar surface area (TPSA) is 49.4 Å². The largest absolute Gasteiger partial charge is 0.307 e. The van der Waals surface area contributed by atoms with E-state index in [1.807, 2.05) is 12.1 Å². The molecule has 1 aliphatic heterocycles. The second-order valence-electron chi connectivity index (χ2n) is 4.97. The van der Waals surface area contributed by atoms with Crippen LogP contribution in [0, 0.1) is 0 Å². The second-order valence-corrected chi connectivity index (χ2v) is 8.70. The summed E-state index contributed by atoms with van der Waals surface area (Å²) in [5.41, 5.74) is 0. The van der Waals surface area contributed by atoms with E-state index < -0.39 is 10.0 Å². The Morgan fingerprint density at radius 2 is 2.05 bits per heavy atom. The quantitative estimate of drug-likeness (QED) is 0.926. The van der Waals surface area contributed by atoms with Crippen molar-refractivity contribution in [3.63, 3.8) is 0 Å². The van der Waals surface area contributed by atoms with Crippen molar-refractivity contribution in [3.05, 3.63) is 21.3 Å². The maximum atomic E-state index is 11.4. The van der Waals surface area contributed by atoms with Gasteiger partial charge in [0.25, 0.3) is 0 Å². The molecule has 19 heavy (non-hydrogen) atoms. The lowest BCUT2D eigenvalue weighted by Gasteiger charge is -2.32. The summed E-state index contributed by atoms with van der Waals surface area (Å²) in [6.07, 6.45) is 2.99. The van der Waals surface area contributed by atoms with Gasteiger partial charge in [-0.1, -0.05) is 11.6 Å². The molecule has 108 valence electrons. The fraction of sp³-hybridized carbons (Fsp3) is 0.667. The molecular weight excluding hydrogens is 304 g/mol. The monoisotopic (exact) mass is 322 g/mol. The summed E-state index contributed by atoms with van der Waals surface area (Å²) in [4.78, 5) is 1.22. The van der Waals surface area contributed by atoms with E-state index in [0.29, 0.717) is 19.1 Å². The lowest BCUT2D eigenvalue weighted by atomic mass is 10.1. The van der Waals surface area contributed by atoms with Crippen molar-refractivity contribution in [2.45, 2.75) is 31.8 Å². The third kappa shape index (κ3) is 4.16. The zero-order valence-electron chi connectivity index (χ0n) is 11.1. The van der Waals surface area contributed by atoms with Gasteiger partial charge in [-0.2, -0.15) is 0 Å². The van der Waals surface area contributed by atoms with Crippen molar-refractivity contribution >= 4 is 33.0 Å². The van der Waals surface area contributed by atoms with Crippen LogP contribution in [0.3, 0.4) is 0 Å². The van der Waals surface area contributed by atoms with Crippen molar-refractivity contribution in [1.82, 2.24) is 9.62 Å². The maximum Gasteiger partial charge on any atom is 0.211 e. The minimum atomic E-state index is -3.04. The van der Waals surface area contributed by atoms with Crippen molar-refractivity contribution in [2.24, 2.45) is 0 Å². The molecule has 4 nitrogen and oxygen atoms in total. The molecule has 1 fully saturated rings. The number of piperidine rings is 1. The molecule has 0 amide bonds. The van der Waals surface area contributed by atoms with Gasteiger partial charge >= 0.3 is 0 Å². The Bertz CT molecular complexity index is 522. The fourth-order valence-corrected chi connectivity index (χ4v) is 4.30. The predicted molar refractivity (Wildman–Crippen MR) is 80.3 cm³/mol. The van der Waals surface area contributed by atoms with Crippen LogP contribution in [0.4, 0.5) is 0 Å². The average Bonchev–Trinajstić information content (AvgIpc) is 2.75. The van der Waals surface area contributed by atoms with Crippen LogP contribution >= 0.6 is 22.9 Å². The predicted octanol–water partition coefficient (Wildman–Crippen LogP) is 2.48. The van der Waals surface area contributed by atoms with Gasteiger partial charge in [0.1, 0.15) is 0 Å². The Balaban J connectivity index is 1.86. The molecule has 2 heterocycles. The molecular formula is C12H19ClN2O2S2. The Morgan fingerprint density at radius 1 is 1.42 bits per heavy atom. The highest BCUT2D eigenvalue weighted by Crippen LogP contribution is 2.27. The maximum absolute atomic E-state index is 11.4. The molecule has 0 aliphatic carbocycles. The first kappa shape index (κ1) is 15.3. The lowest BCUT2D eigenvalue weighted by Crippen LogP contribution is -2.45. The Hall–Kier alpha value is -0.140. The van der Waals surface area contributed by atoms with Gasteiger partial charge in [-0.05, 0) is 31.9 Å². The second kappa shape index (κ2) is 6.10. The smallest absolute Gasteiger partial charge is 0.211 e. The highest BCUT2D eigenvalue weighted by molar-refractivity contribution is 7.88. The zero-order valence-corrected chi connectivity index (χ0v) is 13.5. The molecule has 1 saturated heterocycles. The molecule has 1 N–H and O–H groups in total. The fourth-order valence-electron chi connectivity index (χ4n) is 2.35. The SMILES string of the molecule is CC(NC1CCN(S(C)(=O)=O)CC1)c1ccc(Cl)s1. The van der Waals surface area contributed by atoms with Gasteiger partial charge in [0, 0.05) is 30.1 Å². The Morgan fingerprint density at radius 3 is 2.53 bits per heavy atom. The van der Waals surface area contributed by atoms with E-state index in [1.165, 1.54) is 11.1 Å². The molecule has 0 spiro atoms. The molecule has 7 heteroatoms. The normalized spacial score (nSPS) is 20.6. The van der Waals surface area contributed by atoms with E-state index in [4.69, 9.17) is 11.6 Å². The Labute approximate surface area is 123 Å². The van der Waals surface area contributed by atoms with Gasteiger partial charge in [0.05, 0.1) is 10.6 Å². The van der Waals surface area contributed by atoms with Gasteiger partial charge in [-0.3, -0.25) is 0 Å². The number of thiophene rings is 1. The number of nitrogens with one attached hydrogen (secondary N) is 1. The number of nitrogens with zero attached hydrogens (tertiary/aromatic N) is 1. The standard InChI is InChI=1S/C12H19ClN2O2S2/c1-9(11-3-4-12(13)18-11)14-10-5-7-15(8-6-10)19(2,16)17/h3-4,9-10,14H,5-8H2,1-2H3. The highest BCUT2D eigenvalue weighted by Gasteiger charge is 2.25. The van der Waals surface area contributed by atoms with E-state index in [9.17, 15) is 8.42 Å². The van der Waals surface area contributed by atoms with E-state index in [0.717, 1.165) is 17.2 Å². The minimum absolute atomic E-state index is 0.257. The van der Waals surface area contributed by atoms with E-state index in [-0.39, 0.29) is 6.04 Å². The summed E-state index contributed by atoms with van der Waals surface area (Å²) in [6.45, 7) is 3.33. The molecule has 2 rings (SSSR count). The van der Waals surface area contributed by atoms with E-state index >= 15 is 0 Å². The molecule has 1 aromatic rings. The van der Waals surface area contributed by atoms with Crippen LogP contribution < -0.4 is 5.32 Å². The van der Waals surface area contributed by atoms with E-state index in [2.05, 4.69) is 12.2 Å². The average molecular weight is 323 g/mol. The lowest BCUT2D eigenvalue weighted by molar-refractivity contribution is 0.279. The molecule has 0 bridgehead atoms. The number of rotatable bonds is 4. The van der Waals surface area contributed by atoms with Crippen LogP contribution in [-0.4, -0.2) is 38.1 Å². The van der Waals surface area contributed by atoms with Crippen molar-refractivity contribution < 1.29 is 8.42 Å². The molecule has 0 aromatic carbocycles. The van der Waals surface area contributed by atoms with Crippen LogP contribution in [0.2, 0.25) is 4.34 Å². The summed E-state index contributed by atoms with van der Waals surface area (Å²) in [6, 6.07) is 4.57. The molecule has 1 unspecified atom stereocenters. The van der Waals surface area contributed by atoms with Crippen molar-refractivity contribution in [1.29, 1.82) is 0 Å². The highest BCUT2D eigenvalue weighted by atomic mass is 35.5. The van der Waals surface area contributed by atoms with Crippen molar-refractivity contribution in [3.8, 4) is 0 Å². The summed E-state index contributed by atoms with van der Waals surface area (Å²) < 4.78 is 25.2. The van der Waals surface area contributed by atoms with E-state index in [1.54, 1.807) is 15.6 Å². The van der Waals surface area contributed by atoms with Crippen LogP contribution in [0.5, 0.6) is 0 Å². The number of hydrogen-bond acceptors (Lipinski definition) is 4. The van der Waals surface area contributed by atoms with Crippen molar-refractivity contribution in [2.75, 3.05) is 19.3 Å². The summed E-state index contributed by atoms with van der Waals surface area (Å²) in [5, 5.41) is 3.55. The van der Waals surface area contributed by atoms with Crippen LogP contribution in [-0.2, 0) is 10.0 Å². The number of sulfonamides is 1. The van der Waals surface area contributed by atoms with Gasteiger partial charge in [0.15, 0.2) is 0 Å². The minimum Gasteiger partial charge on any atom is -0.307 e. The zero-order chi connectivity index (χ0) is 14.0. The molecule has 0 radical (unpaired) electrons. The van der Waals surface area contributed by atoms with Gasteiger partial charge < -0.3 is 5.32 Å². The summed E-state index contributed by atoms with van der Waals surface area (Å²) in [7, 11) is -3.04. The molecule has 1 aliphatic rings. The first-order valence-corrected chi connectivity index (χ1v) is 9.37. The van der Waals surface area contributed by atoms with Crippen LogP contribution in [0.1, 0.15) is 30.7 Å². The number of halogens is 1. The molecule has 0 saturated carbocycles. The first-order valence-electron chi connectivity index (χ1n) is 6.32. The molecule has 1 aromatic heterocycles. The first-order chi connectivity index (χ1) is 8.86. The Kier molecular flexibility index (Phi) is 4.89. The summed E-state index contributed by atoms with van der Waals surface area (Å²) >= 11 is 7.52. The van der Waals surface area contributed by atoms with Crippen LogP contribution in [0.15, 0.2) is 12.1 Å². The molecule has 1 atom stereocenters. The summed E-state index contributed by atoms with van der Waals surface area (Å²) in [5.74, 6) is 0. The third-order valence-electron chi connectivity index (χ3n) is 3.43. The van der Waals surface area contributed by atoms with Gasteiger partial charge in [-0.25, -0.2) is 12.7 Å².